The summed E-state index contributed by atoms with van der Waals surface area (Å²) in [6.45, 7) is 13.8. The molecule has 0 aliphatic heterocycles. The standard InChI is InChI=1S/C16H36O2P/c1-13(2)10-19(11-14(3)4,12-15(5)6)8-7-16(18)9-17/h13-18H,7-12H2,1-6H3/q+1. The van der Waals surface area contributed by atoms with Crippen LogP contribution in [0.3, 0.4) is 0 Å². The molecule has 0 spiro atoms. The van der Waals surface area contributed by atoms with Gasteiger partial charge >= 0.3 is 0 Å². The van der Waals surface area contributed by atoms with E-state index in [9.17, 15) is 5.11 Å². The summed E-state index contributed by atoms with van der Waals surface area (Å²) in [6, 6.07) is 0. The van der Waals surface area contributed by atoms with Crippen LogP contribution in [-0.4, -0.2) is 47.6 Å². The summed E-state index contributed by atoms with van der Waals surface area (Å²) in [5.74, 6) is 2.20. The molecular formula is C16H36O2P+. The van der Waals surface area contributed by atoms with Crippen molar-refractivity contribution in [1.29, 1.82) is 0 Å². The molecule has 1 atom stereocenters. The highest BCUT2D eigenvalue weighted by Crippen LogP contribution is 2.62. The van der Waals surface area contributed by atoms with Crippen molar-refractivity contribution in [2.75, 3.05) is 31.3 Å². The molecule has 3 heteroatoms. The molecule has 0 aliphatic carbocycles. The van der Waals surface area contributed by atoms with Crippen LogP contribution in [0.1, 0.15) is 48.0 Å². The first kappa shape index (κ1) is 19.4. The summed E-state index contributed by atoms with van der Waals surface area (Å²) >= 11 is 0. The van der Waals surface area contributed by atoms with Gasteiger partial charge in [-0.05, 0) is 17.8 Å². The highest BCUT2D eigenvalue weighted by atomic mass is 31.2. The predicted molar refractivity (Wildman–Crippen MR) is 88.6 cm³/mol. The second-order valence-corrected chi connectivity index (χ2v) is 11.6. The first-order valence-electron chi connectivity index (χ1n) is 7.84. The van der Waals surface area contributed by atoms with Crippen LogP contribution >= 0.6 is 7.26 Å². The van der Waals surface area contributed by atoms with Crippen molar-refractivity contribution in [3.8, 4) is 0 Å². The molecular weight excluding hydrogens is 255 g/mol. The molecule has 2 nitrogen and oxygen atoms in total. The fourth-order valence-corrected chi connectivity index (χ4v) is 9.82. The molecule has 0 heterocycles. The van der Waals surface area contributed by atoms with Crippen molar-refractivity contribution < 1.29 is 10.2 Å². The average Bonchev–Trinajstić information content (AvgIpc) is 2.22. The van der Waals surface area contributed by atoms with Crippen molar-refractivity contribution in [2.24, 2.45) is 17.8 Å². The van der Waals surface area contributed by atoms with E-state index in [1.165, 1.54) is 18.5 Å². The van der Waals surface area contributed by atoms with E-state index in [1.807, 2.05) is 0 Å². The summed E-state index contributed by atoms with van der Waals surface area (Å²) < 4.78 is 0. The Morgan fingerprint density at radius 1 is 0.789 bits per heavy atom. The number of hydrogen-bond donors (Lipinski definition) is 2. The third-order valence-electron chi connectivity index (χ3n) is 3.40. The Morgan fingerprint density at radius 2 is 1.16 bits per heavy atom. The van der Waals surface area contributed by atoms with E-state index >= 15 is 0 Å². The van der Waals surface area contributed by atoms with Crippen molar-refractivity contribution in [1.82, 2.24) is 0 Å². The second kappa shape index (κ2) is 9.32. The third-order valence-corrected chi connectivity index (χ3v) is 9.13. The molecule has 0 saturated heterocycles. The maximum atomic E-state index is 9.69. The van der Waals surface area contributed by atoms with E-state index in [0.717, 1.165) is 30.3 Å². The molecule has 116 valence electrons. The van der Waals surface area contributed by atoms with Gasteiger partial charge in [-0.1, -0.05) is 41.5 Å². The molecule has 0 aromatic rings. The van der Waals surface area contributed by atoms with Crippen LogP contribution < -0.4 is 0 Å². The molecule has 1 unspecified atom stereocenters. The van der Waals surface area contributed by atoms with Crippen LogP contribution in [0.25, 0.3) is 0 Å². The Kier molecular flexibility index (Phi) is 9.49. The van der Waals surface area contributed by atoms with Crippen molar-refractivity contribution in [3.05, 3.63) is 0 Å². The van der Waals surface area contributed by atoms with Gasteiger partial charge in [-0.25, -0.2) is 0 Å². The zero-order valence-corrected chi connectivity index (χ0v) is 14.8. The van der Waals surface area contributed by atoms with Gasteiger partial charge in [0.05, 0.1) is 37.4 Å². The Bertz CT molecular complexity index is 200. The highest BCUT2D eigenvalue weighted by Gasteiger charge is 2.39. The smallest absolute Gasteiger partial charge is 0.0805 e. The molecule has 0 aliphatic rings. The maximum Gasteiger partial charge on any atom is 0.0805 e. The summed E-state index contributed by atoms with van der Waals surface area (Å²) in [4.78, 5) is 0. The van der Waals surface area contributed by atoms with Gasteiger partial charge < -0.3 is 10.2 Å². The normalized spacial score (nSPS) is 14.7. The summed E-state index contributed by atoms with van der Waals surface area (Å²) in [5.41, 5.74) is 0. The minimum absolute atomic E-state index is 0.0922. The van der Waals surface area contributed by atoms with E-state index in [-0.39, 0.29) is 6.61 Å². The molecule has 0 bridgehead atoms. The summed E-state index contributed by atoms with van der Waals surface area (Å²) in [7, 11) is -1.00. The van der Waals surface area contributed by atoms with Crippen molar-refractivity contribution >= 4 is 7.26 Å². The predicted octanol–water partition coefficient (Wildman–Crippen LogP) is 3.72. The zero-order valence-electron chi connectivity index (χ0n) is 13.9. The fraction of sp³-hybridized carbons (Fsp3) is 1.00. The molecule has 0 radical (unpaired) electrons. The van der Waals surface area contributed by atoms with E-state index < -0.39 is 13.4 Å². The lowest BCUT2D eigenvalue weighted by molar-refractivity contribution is 0.0928. The number of rotatable bonds is 10. The Balaban J connectivity index is 4.87. The van der Waals surface area contributed by atoms with E-state index in [0.29, 0.717) is 0 Å². The molecule has 0 amide bonds. The lowest BCUT2D eigenvalue weighted by Gasteiger charge is -2.33. The Labute approximate surface area is 121 Å². The van der Waals surface area contributed by atoms with Crippen LogP contribution in [-0.2, 0) is 0 Å². The lowest BCUT2D eigenvalue weighted by Crippen LogP contribution is -2.24. The van der Waals surface area contributed by atoms with Gasteiger partial charge in [0.2, 0.25) is 0 Å². The lowest BCUT2D eigenvalue weighted by atomic mass is 10.3. The second-order valence-electron chi connectivity index (χ2n) is 7.42. The van der Waals surface area contributed by atoms with Gasteiger partial charge in [-0.2, -0.15) is 0 Å². The summed E-state index contributed by atoms with van der Waals surface area (Å²) in [5, 5.41) is 18.7. The first-order chi connectivity index (χ1) is 8.70. The molecule has 19 heavy (non-hydrogen) atoms. The van der Waals surface area contributed by atoms with E-state index in [1.54, 1.807) is 0 Å². The molecule has 0 fully saturated rings. The van der Waals surface area contributed by atoms with Gasteiger partial charge in [-0.3, -0.25) is 0 Å². The van der Waals surface area contributed by atoms with Crippen molar-refractivity contribution in [2.45, 2.75) is 54.1 Å². The average molecular weight is 291 g/mol. The largest absolute Gasteiger partial charge is 0.394 e. The van der Waals surface area contributed by atoms with Gasteiger partial charge in [-0.15, -0.1) is 0 Å². The van der Waals surface area contributed by atoms with E-state index in [4.69, 9.17) is 5.11 Å². The fourth-order valence-electron chi connectivity index (χ4n) is 3.34. The zero-order chi connectivity index (χ0) is 15.1. The van der Waals surface area contributed by atoms with Crippen LogP contribution in [0.15, 0.2) is 0 Å². The van der Waals surface area contributed by atoms with Crippen molar-refractivity contribution in [3.63, 3.8) is 0 Å². The van der Waals surface area contributed by atoms with Gasteiger partial charge in [0.15, 0.2) is 0 Å². The van der Waals surface area contributed by atoms with Crippen LogP contribution in [0.5, 0.6) is 0 Å². The maximum absolute atomic E-state index is 9.69. The van der Waals surface area contributed by atoms with Gasteiger partial charge in [0, 0.05) is 13.7 Å². The van der Waals surface area contributed by atoms with Gasteiger partial charge in [0.1, 0.15) is 0 Å². The van der Waals surface area contributed by atoms with Gasteiger partial charge in [0.25, 0.3) is 0 Å². The molecule has 0 aromatic heterocycles. The number of aliphatic hydroxyl groups excluding tert-OH is 2. The minimum Gasteiger partial charge on any atom is -0.394 e. The van der Waals surface area contributed by atoms with Crippen LogP contribution in [0.4, 0.5) is 0 Å². The monoisotopic (exact) mass is 291 g/mol. The molecule has 0 aromatic carbocycles. The first-order valence-corrected chi connectivity index (χ1v) is 10.4. The molecule has 0 saturated carbocycles. The number of hydrogen-bond acceptors (Lipinski definition) is 2. The Hall–Kier alpha value is 0.350. The molecule has 2 N–H and O–H groups in total. The highest BCUT2D eigenvalue weighted by molar-refractivity contribution is 7.75. The third kappa shape index (κ3) is 9.00. The van der Waals surface area contributed by atoms with Crippen LogP contribution in [0, 0.1) is 17.8 Å². The number of aliphatic hydroxyl groups is 2. The quantitative estimate of drug-likeness (QED) is 0.602. The minimum atomic E-state index is -1.00. The topological polar surface area (TPSA) is 40.5 Å². The van der Waals surface area contributed by atoms with E-state index in [2.05, 4.69) is 41.5 Å². The molecule has 0 rings (SSSR count). The van der Waals surface area contributed by atoms with Crippen LogP contribution in [0.2, 0.25) is 0 Å². The Morgan fingerprint density at radius 3 is 1.42 bits per heavy atom. The SMILES string of the molecule is CC(C)C[P+](CCC(O)CO)(CC(C)C)CC(C)C. The summed E-state index contributed by atoms with van der Waals surface area (Å²) in [6.07, 6.45) is 5.40.